The molecule has 1 saturated heterocycles. The average Bonchev–Trinajstić information content (AvgIpc) is 3.00. The van der Waals surface area contributed by atoms with Crippen molar-refractivity contribution in [1.82, 2.24) is 4.90 Å². The van der Waals surface area contributed by atoms with Crippen LogP contribution < -0.4 is 0 Å². The topological polar surface area (TPSA) is 32.7 Å². The molecule has 2 fully saturated rings. The van der Waals surface area contributed by atoms with E-state index in [1.165, 1.54) is 18.2 Å². The molecule has 28 heavy (non-hydrogen) atoms. The van der Waals surface area contributed by atoms with Gasteiger partial charge in [0.25, 0.3) is 5.91 Å². The molecule has 1 heterocycles. The van der Waals surface area contributed by atoms with E-state index in [4.69, 9.17) is 28.2 Å². The number of halogens is 2. The van der Waals surface area contributed by atoms with Gasteiger partial charge in [0.2, 0.25) is 0 Å². The summed E-state index contributed by atoms with van der Waals surface area (Å²) in [5.41, 5.74) is 1.64. The second-order valence-corrected chi connectivity index (χ2v) is 8.83. The van der Waals surface area contributed by atoms with Crippen LogP contribution in [-0.2, 0) is 4.79 Å². The maximum Gasteiger partial charge on any atom is 0.267 e. The van der Waals surface area contributed by atoms with Crippen LogP contribution in [-0.4, -0.2) is 22.0 Å². The van der Waals surface area contributed by atoms with Crippen molar-refractivity contribution in [2.75, 3.05) is 0 Å². The number of nitrogens with zero attached hydrogens (tertiary/aromatic N) is 2. The molecular formula is C22H20Cl2N2OS. The van der Waals surface area contributed by atoms with E-state index in [-0.39, 0.29) is 11.9 Å². The van der Waals surface area contributed by atoms with Gasteiger partial charge in [-0.25, -0.2) is 4.99 Å². The zero-order chi connectivity index (χ0) is 19.5. The zero-order valence-corrected chi connectivity index (χ0v) is 17.6. The van der Waals surface area contributed by atoms with Gasteiger partial charge < -0.3 is 0 Å². The number of carbonyl (C=O) groups excluding carboxylic acids is 1. The third-order valence-electron chi connectivity index (χ3n) is 5.01. The lowest BCUT2D eigenvalue weighted by atomic mass is 9.94. The predicted molar refractivity (Wildman–Crippen MR) is 119 cm³/mol. The summed E-state index contributed by atoms with van der Waals surface area (Å²) in [6.07, 6.45) is 7.43. The molecule has 2 aromatic rings. The lowest BCUT2D eigenvalue weighted by Gasteiger charge is -2.30. The first kappa shape index (κ1) is 19.6. The Balaban J connectivity index is 1.71. The van der Waals surface area contributed by atoms with Gasteiger partial charge in [0, 0.05) is 16.1 Å². The maximum atomic E-state index is 13.3. The van der Waals surface area contributed by atoms with Crippen LogP contribution >= 0.6 is 35.0 Å². The highest BCUT2D eigenvalue weighted by molar-refractivity contribution is 8.18. The number of hydrogen-bond donors (Lipinski definition) is 0. The van der Waals surface area contributed by atoms with Crippen molar-refractivity contribution in [3.63, 3.8) is 0 Å². The molecule has 4 rings (SSSR count). The molecule has 0 aromatic heterocycles. The summed E-state index contributed by atoms with van der Waals surface area (Å²) in [6.45, 7) is 0. The smallest absolute Gasteiger partial charge is 0.267 e. The molecule has 3 nitrogen and oxygen atoms in total. The number of thioether (sulfide) groups is 1. The lowest BCUT2D eigenvalue weighted by molar-refractivity contribution is -0.124. The lowest BCUT2D eigenvalue weighted by Crippen LogP contribution is -2.40. The first-order chi connectivity index (χ1) is 13.6. The maximum absolute atomic E-state index is 13.3. The Kier molecular flexibility index (Phi) is 6.10. The highest BCUT2D eigenvalue weighted by Gasteiger charge is 2.38. The van der Waals surface area contributed by atoms with Crippen LogP contribution in [0, 0.1) is 0 Å². The first-order valence-electron chi connectivity index (χ1n) is 9.44. The molecule has 0 spiro atoms. The standard InChI is InChI=1S/C22H20Cl2N2OS/c23-16-12-11-15(19(24)14-16)13-20-21(27)26(18-9-5-2-6-10-18)22(28-20)25-17-7-3-1-4-8-17/h1,3-4,7-8,11-14,18H,2,5-6,9-10H2/b20-13+,25-22?. The van der Waals surface area contributed by atoms with Crippen LogP contribution in [0.1, 0.15) is 37.7 Å². The number of para-hydroxylation sites is 1. The van der Waals surface area contributed by atoms with Crippen molar-refractivity contribution >= 4 is 57.8 Å². The van der Waals surface area contributed by atoms with Gasteiger partial charge in [-0.3, -0.25) is 9.69 Å². The van der Waals surface area contributed by atoms with Crippen LogP contribution in [0.2, 0.25) is 10.0 Å². The van der Waals surface area contributed by atoms with Crippen LogP contribution in [0.15, 0.2) is 58.4 Å². The van der Waals surface area contributed by atoms with E-state index >= 15 is 0 Å². The van der Waals surface area contributed by atoms with Crippen LogP contribution in [0.4, 0.5) is 5.69 Å². The van der Waals surface area contributed by atoms with E-state index in [0.29, 0.717) is 15.0 Å². The fourth-order valence-electron chi connectivity index (χ4n) is 3.60. The summed E-state index contributed by atoms with van der Waals surface area (Å²) >= 11 is 13.7. The summed E-state index contributed by atoms with van der Waals surface area (Å²) in [5, 5.41) is 1.86. The Labute approximate surface area is 179 Å². The van der Waals surface area contributed by atoms with Crippen molar-refractivity contribution in [3.8, 4) is 0 Å². The summed E-state index contributed by atoms with van der Waals surface area (Å²) < 4.78 is 0. The normalized spacial score (nSPS) is 21.1. The first-order valence-corrected chi connectivity index (χ1v) is 11.0. The molecular weight excluding hydrogens is 411 g/mol. The van der Waals surface area contributed by atoms with E-state index in [9.17, 15) is 4.79 Å². The molecule has 1 aliphatic heterocycles. The van der Waals surface area contributed by atoms with Crippen molar-refractivity contribution in [2.45, 2.75) is 38.1 Å². The van der Waals surface area contributed by atoms with Gasteiger partial charge in [-0.2, -0.15) is 0 Å². The molecule has 1 aliphatic carbocycles. The van der Waals surface area contributed by atoms with E-state index in [2.05, 4.69) is 0 Å². The van der Waals surface area contributed by atoms with Gasteiger partial charge in [0.1, 0.15) is 0 Å². The molecule has 6 heteroatoms. The van der Waals surface area contributed by atoms with Crippen LogP contribution in [0.5, 0.6) is 0 Å². The Hall–Kier alpha value is -1.75. The highest BCUT2D eigenvalue weighted by atomic mass is 35.5. The number of carbonyl (C=O) groups is 1. The number of amidine groups is 1. The monoisotopic (exact) mass is 430 g/mol. The van der Waals surface area contributed by atoms with Gasteiger partial charge in [-0.1, -0.05) is 66.7 Å². The van der Waals surface area contributed by atoms with Gasteiger partial charge in [-0.05, 0) is 60.5 Å². The molecule has 0 radical (unpaired) electrons. The van der Waals surface area contributed by atoms with Crippen LogP contribution in [0.3, 0.4) is 0 Å². The molecule has 0 unspecified atom stereocenters. The molecule has 2 aromatic carbocycles. The Bertz CT molecular complexity index is 937. The summed E-state index contributed by atoms with van der Waals surface area (Å²) in [5.74, 6) is 0.0117. The minimum Gasteiger partial charge on any atom is -0.283 e. The van der Waals surface area contributed by atoms with Crippen LogP contribution in [0.25, 0.3) is 6.08 Å². The molecule has 2 aliphatic rings. The van der Waals surface area contributed by atoms with E-state index in [0.717, 1.165) is 42.1 Å². The number of rotatable bonds is 3. The van der Waals surface area contributed by atoms with Gasteiger partial charge in [0.05, 0.1) is 10.6 Å². The van der Waals surface area contributed by atoms with Crippen molar-refractivity contribution in [3.05, 3.63) is 69.0 Å². The molecule has 0 bridgehead atoms. The van der Waals surface area contributed by atoms with Gasteiger partial charge >= 0.3 is 0 Å². The largest absolute Gasteiger partial charge is 0.283 e. The van der Waals surface area contributed by atoms with E-state index in [1.807, 2.05) is 47.4 Å². The predicted octanol–water partition coefficient (Wildman–Crippen LogP) is 6.93. The number of benzene rings is 2. The highest BCUT2D eigenvalue weighted by Crippen LogP contribution is 2.39. The third-order valence-corrected chi connectivity index (χ3v) is 6.55. The van der Waals surface area contributed by atoms with E-state index in [1.54, 1.807) is 12.1 Å². The Morgan fingerprint density at radius 2 is 1.79 bits per heavy atom. The molecule has 1 amide bonds. The number of amides is 1. The molecule has 1 saturated carbocycles. The minimum absolute atomic E-state index is 0.0117. The van der Waals surface area contributed by atoms with Crippen molar-refractivity contribution in [2.24, 2.45) is 4.99 Å². The second kappa shape index (κ2) is 8.73. The van der Waals surface area contributed by atoms with Gasteiger partial charge in [-0.15, -0.1) is 0 Å². The second-order valence-electron chi connectivity index (χ2n) is 6.97. The Morgan fingerprint density at radius 3 is 2.50 bits per heavy atom. The average molecular weight is 431 g/mol. The molecule has 0 N–H and O–H groups in total. The summed E-state index contributed by atoms with van der Waals surface area (Å²) in [7, 11) is 0. The summed E-state index contributed by atoms with van der Waals surface area (Å²) in [6, 6.07) is 15.3. The third kappa shape index (κ3) is 4.29. The SMILES string of the molecule is O=C1/C(=C\c2ccc(Cl)cc2Cl)SC(=Nc2ccccc2)N1C1CCCCC1. The minimum atomic E-state index is 0.0117. The molecule has 0 atom stereocenters. The molecule has 144 valence electrons. The summed E-state index contributed by atoms with van der Waals surface area (Å²) in [4.78, 5) is 20.6. The van der Waals surface area contributed by atoms with E-state index < -0.39 is 0 Å². The Morgan fingerprint density at radius 1 is 1.04 bits per heavy atom. The zero-order valence-electron chi connectivity index (χ0n) is 15.3. The quantitative estimate of drug-likeness (QED) is 0.494. The fourth-order valence-corrected chi connectivity index (χ4v) is 5.11. The van der Waals surface area contributed by atoms with Gasteiger partial charge in [0.15, 0.2) is 5.17 Å². The van der Waals surface area contributed by atoms with Crippen molar-refractivity contribution in [1.29, 1.82) is 0 Å². The number of hydrogen-bond acceptors (Lipinski definition) is 3. The fraction of sp³-hybridized carbons (Fsp3) is 0.273. The van der Waals surface area contributed by atoms with Crippen molar-refractivity contribution < 1.29 is 4.79 Å². The number of aliphatic imine (C=N–C) groups is 1.